The lowest BCUT2D eigenvalue weighted by atomic mass is 9.98. The van der Waals surface area contributed by atoms with E-state index in [1.54, 1.807) is 12.1 Å². The van der Waals surface area contributed by atoms with Crippen molar-refractivity contribution in [3.8, 4) is 5.75 Å². The molecule has 6 heteroatoms. The van der Waals surface area contributed by atoms with Crippen LogP contribution in [-0.2, 0) is 4.74 Å². The molecule has 1 unspecified atom stereocenters. The van der Waals surface area contributed by atoms with Gasteiger partial charge in [0.15, 0.2) is 0 Å². The highest BCUT2D eigenvalue weighted by Crippen LogP contribution is 2.32. The summed E-state index contributed by atoms with van der Waals surface area (Å²) >= 11 is 0. The van der Waals surface area contributed by atoms with Gasteiger partial charge in [0.05, 0.1) is 12.2 Å². The van der Waals surface area contributed by atoms with Crippen molar-refractivity contribution in [2.45, 2.75) is 37.8 Å². The largest absolute Gasteiger partial charge is 0.573 e. The predicted molar refractivity (Wildman–Crippen MR) is 63.6 cm³/mol. The molecule has 0 aliphatic carbocycles. The SMILES string of the molecule is NC[C@H]1CCCC(c2ccc(OC(F)(F)F)cc2)O1. The van der Waals surface area contributed by atoms with E-state index in [2.05, 4.69) is 4.74 Å². The van der Waals surface area contributed by atoms with Gasteiger partial charge in [0.25, 0.3) is 0 Å². The standard InChI is InChI=1S/C13H16F3NO2/c14-13(15,16)19-10-6-4-9(5-7-10)12-3-1-2-11(8-17)18-12/h4-7,11-12H,1-3,8,17H2/t11-,12?/m1/s1. The Balaban J connectivity index is 2.01. The van der Waals surface area contributed by atoms with Crippen LogP contribution >= 0.6 is 0 Å². The van der Waals surface area contributed by atoms with E-state index in [0.717, 1.165) is 24.8 Å². The van der Waals surface area contributed by atoms with Crippen molar-refractivity contribution in [2.24, 2.45) is 5.73 Å². The van der Waals surface area contributed by atoms with E-state index in [1.165, 1.54) is 12.1 Å². The van der Waals surface area contributed by atoms with E-state index in [4.69, 9.17) is 10.5 Å². The van der Waals surface area contributed by atoms with E-state index >= 15 is 0 Å². The summed E-state index contributed by atoms with van der Waals surface area (Å²) in [6, 6.07) is 5.81. The quantitative estimate of drug-likeness (QED) is 0.921. The lowest BCUT2D eigenvalue weighted by Crippen LogP contribution is -2.29. The molecule has 0 amide bonds. The maximum absolute atomic E-state index is 12.0. The highest BCUT2D eigenvalue weighted by atomic mass is 19.4. The fourth-order valence-corrected chi connectivity index (χ4v) is 2.20. The molecule has 2 atom stereocenters. The molecule has 0 bridgehead atoms. The van der Waals surface area contributed by atoms with E-state index in [9.17, 15) is 13.2 Å². The summed E-state index contributed by atoms with van der Waals surface area (Å²) in [7, 11) is 0. The van der Waals surface area contributed by atoms with Gasteiger partial charge >= 0.3 is 6.36 Å². The molecule has 106 valence electrons. The molecule has 0 aromatic heterocycles. The molecule has 0 radical (unpaired) electrons. The van der Waals surface area contributed by atoms with Gasteiger partial charge in [-0.05, 0) is 37.0 Å². The van der Waals surface area contributed by atoms with Gasteiger partial charge in [-0.25, -0.2) is 0 Å². The van der Waals surface area contributed by atoms with Gasteiger partial charge in [-0.3, -0.25) is 0 Å². The molecule has 1 aliphatic heterocycles. The van der Waals surface area contributed by atoms with Gasteiger partial charge in [-0.1, -0.05) is 12.1 Å². The number of benzene rings is 1. The second-order valence-corrected chi connectivity index (χ2v) is 4.53. The summed E-state index contributed by atoms with van der Waals surface area (Å²) < 4.78 is 45.7. The Labute approximate surface area is 109 Å². The van der Waals surface area contributed by atoms with Crippen molar-refractivity contribution in [3.05, 3.63) is 29.8 Å². The first-order valence-electron chi connectivity index (χ1n) is 6.19. The van der Waals surface area contributed by atoms with Crippen LogP contribution in [0.1, 0.15) is 30.9 Å². The van der Waals surface area contributed by atoms with Crippen LogP contribution in [0.2, 0.25) is 0 Å². The van der Waals surface area contributed by atoms with E-state index in [0.29, 0.717) is 6.54 Å². The first kappa shape index (κ1) is 14.1. The van der Waals surface area contributed by atoms with Crippen LogP contribution in [0.3, 0.4) is 0 Å². The van der Waals surface area contributed by atoms with Crippen LogP contribution in [-0.4, -0.2) is 19.0 Å². The normalized spacial score (nSPS) is 24.2. The van der Waals surface area contributed by atoms with E-state index in [1.807, 2.05) is 0 Å². The van der Waals surface area contributed by atoms with Gasteiger partial charge in [0.2, 0.25) is 0 Å². The molecular weight excluding hydrogens is 259 g/mol. The average Bonchev–Trinajstić information content (AvgIpc) is 2.38. The van der Waals surface area contributed by atoms with Crippen molar-refractivity contribution in [1.82, 2.24) is 0 Å². The minimum Gasteiger partial charge on any atom is -0.406 e. The van der Waals surface area contributed by atoms with Gasteiger partial charge in [0, 0.05) is 6.54 Å². The van der Waals surface area contributed by atoms with Crippen molar-refractivity contribution in [2.75, 3.05) is 6.54 Å². The number of alkyl halides is 3. The molecule has 1 aromatic rings. The van der Waals surface area contributed by atoms with Gasteiger partial charge in [-0.2, -0.15) is 0 Å². The van der Waals surface area contributed by atoms with E-state index in [-0.39, 0.29) is 18.0 Å². The fourth-order valence-electron chi connectivity index (χ4n) is 2.20. The summed E-state index contributed by atoms with van der Waals surface area (Å²) in [6.07, 6.45) is -1.92. The Morgan fingerprint density at radius 1 is 1.21 bits per heavy atom. The summed E-state index contributed by atoms with van der Waals surface area (Å²) in [6.45, 7) is 0.464. The highest BCUT2D eigenvalue weighted by molar-refractivity contribution is 5.29. The lowest BCUT2D eigenvalue weighted by Gasteiger charge is -2.29. The zero-order valence-electron chi connectivity index (χ0n) is 10.3. The number of halogens is 3. The van der Waals surface area contributed by atoms with Crippen LogP contribution in [0, 0.1) is 0 Å². The Morgan fingerprint density at radius 3 is 2.47 bits per heavy atom. The smallest absolute Gasteiger partial charge is 0.406 e. The van der Waals surface area contributed by atoms with Crippen molar-refractivity contribution in [1.29, 1.82) is 0 Å². The first-order chi connectivity index (χ1) is 8.98. The molecule has 1 saturated heterocycles. The van der Waals surface area contributed by atoms with Crippen LogP contribution in [0.15, 0.2) is 24.3 Å². The Morgan fingerprint density at radius 2 is 1.89 bits per heavy atom. The maximum Gasteiger partial charge on any atom is 0.573 e. The second kappa shape index (κ2) is 5.79. The number of nitrogens with two attached hydrogens (primary N) is 1. The maximum atomic E-state index is 12.0. The Hall–Kier alpha value is -1.27. The third-order valence-electron chi connectivity index (χ3n) is 3.10. The van der Waals surface area contributed by atoms with Crippen LogP contribution in [0.25, 0.3) is 0 Å². The third kappa shape index (κ3) is 4.11. The Kier molecular flexibility index (Phi) is 4.31. The summed E-state index contributed by atoms with van der Waals surface area (Å²) in [5, 5.41) is 0. The zero-order valence-corrected chi connectivity index (χ0v) is 10.3. The fraction of sp³-hybridized carbons (Fsp3) is 0.538. The molecule has 1 fully saturated rings. The van der Waals surface area contributed by atoms with Gasteiger partial charge in [0.1, 0.15) is 5.75 Å². The topological polar surface area (TPSA) is 44.5 Å². The average molecular weight is 275 g/mol. The van der Waals surface area contributed by atoms with Crippen molar-refractivity contribution in [3.63, 3.8) is 0 Å². The lowest BCUT2D eigenvalue weighted by molar-refractivity contribution is -0.274. The molecule has 0 saturated carbocycles. The first-order valence-corrected chi connectivity index (χ1v) is 6.19. The molecule has 2 N–H and O–H groups in total. The van der Waals surface area contributed by atoms with Crippen LogP contribution in [0.4, 0.5) is 13.2 Å². The minimum absolute atomic E-state index is 0.0323. The molecule has 1 aromatic carbocycles. The predicted octanol–water partition coefficient (Wildman–Crippen LogP) is 3.15. The summed E-state index contributed by atoms with van der Waals surface area (Å²) in [5.74, 6) is -0.220. The third-order valence-corrected chi connectivity index (χ3v) is 3.10. The molecule has 0 spiro atoms. The molecule has 3 nitrogen and oxygen atoms in total. The minimum atomic E-state index is -4.66. The van der Waals surface area contributed by atoms with Crippen molar-refractivity contribution >= 4 is 0 Å². The number of ether oxygens (including phenoxy) is 2. The molecule has 2 rings (SSSR count). The molecular formula is C13H16F3NO2. The molecule has 19 heavy (non-hydrogen) atoms. The molecule has 1 heterocycles. The van der Waals surface area contributed by atoms with Gasteiger partial charge in [-0.15, -0.1) is 13.2 Å². The monoisotopic (exact) mass is 275 g/mol. The van der Waals surface area contributed by atoms with E-state index < -0.39 is 6.36 Å². The number of hydrogen-bond acceptors (Lipinski definition) is 3. The van der Waals surface area contributed by atoms with Crippen LogP contribution < -0.4 is 10.5 Å². The number of rotatable bonds is 3. The van der Waals surface area contributed by atoms with Gasteiger partial charge < -0.3 is 15.2 Å². The summed E-state index contributed by atoms with van der Waals surface area (Å²) in [4.78, 5) is 0. The second-order valence-electron chi connectivity index (χ2n) is 4.53. The van der Waals surface area contributed by atoms with Crippen molar-refractivity contribution < 1.29 is 22.6 Å². The zero-order chi connectivity index (χ0) is 13.9. The highest BCUT2D eigenvalue weighted by Gasteiger charge is 2.31. The Bertz CT molecular complexity index is 405. The molecule has 1 aliphatic rings. The number of hydrogen-bond donors (Lipinski definition) is 1. The van der Waals surface area contributed by atoms with Crippen LogP contribution in [0.5, 0.6) is 5.75 Å². The summed E-state index contributed by atoms with van der Waals surface area (Å²) in [5.41, 5.74) is 6.42.